The third-order valence-corrected chi connectivity index (χ3v) is 3.70. The summed E-state index contributed by atoms with van der Waals surface area (Å²) < 4.78 is 1.83. The van der Waals surface area contributed by atoms with Crippen molar-refractivity contribution in [2.45, 2.75) is 19.8 Å². The van der Waals surface area contributed by atoms with E-state index < -0.39 is 5.97 Å². The van der Waals surface area contributed by atoms with E-state index in [-0.39, 0.29) is 23.9 Å². The Kier molecular flexibility index (Phi) is 4.75. The summed E-state index contributed by atoms with van der Waals surface area (Å²) in [5.41, 5.74) is 2.77. The van der Waals surface area contributed by atoms with Gasteiger partial charge in [0.2, 0.25) is 5.91 Å². The summed E-state index contributed by atoms with van der Waals surface area (Å²) in [7, 11) is 5.48. The van der Waals surface area contributed by atoms with E-state index in [2.05, 4.69) is 5.32 Å². The van der Waals surface area contributed by atoms with Crippen LogP contribution in [0.4, 0.5) is 5.69 Å². The molecule has 0 atom stereocenters. The zero-order valence-electron chi connectivity index (χ0n) is 14.2. The van der Waals surface area contributed by atoms with Crippen LogP contribution in [0.3, 0.4) is 0 Å². The Morgan fingerprint density at radius 3 is 2.48 bits per heavy atom. The molecule has 2 N–H and O–H groups in total. The predicted molar refractivity (Wildman–Crippen MR) is 91.2 cm³/mol. The molecule has 0 bridgehead atoms. The van der Waals surface area contributed by atoms with E-state index in [0.29, 0.717) is 11.1 Å². The number of nitrogens with one attached hydrogen (secondary N) is 1. The lowest BCUT2D eigenvalue weighted by molar-refractivity contribution is -0.116. The zero-order valence-corrected chi connectivity index (χ0v) is 14.2. The molecule has 23 heavy (non-hydrogen) atoms. The molecule has 1 heterocycles. The van der Waals surface area contributed by atoms with Crippen molar-refractivity contribution in [2.75, 3.05) is 26.0 Å². The molecule has 0 aliphatic rings. The summed E-state index contributed by atoms with van der Waals surface area (Å²) in [6, 6.07) is 3.66. The number of aryl methyl sites for hydroxylation is 1. The lowest BCUT2D eigenvalue weighted by Gasteiger charge is -2.15. The molecule has 0 aliphatic carbocycles. The Hall–Kier alpha value is -2.34. The predicted octanol–water partition coefficient (Wildman–Crippen LogP) is 2.50. The van der Waals surface area contributed by atoms with Gasteiger partial charge in [0.25, 0.3) is 0 Å². The number of aromatic carboxylic acids is 1. The Bertz CT molecular complexity index is 760. The largest absolute Gasteiger partial charge is 0.478 e. The molecule has 0 aliphatic heterocycles. The molecule has 0 saturated carbocycles. The summed E-state index contributed by atoms with van der Waals surface area (Å²) >= 11 is 0. The van der Waals surface area contributed by atoms with Gasteiger partial charge in [0.15, 0.2) is 0 Å². The standard InChI is InChI=1S/C17H23N3O3/c1-10(2)12-6-11(18-15(21)9-19(3)4)7-13-14(17(22)23)8-20(5)16(12)13/h6-8,10H,9H2,1-5H3,(H,18,21)(H,22,23). The van der Waals surface area contributed by atoms with Crippen molar-refractivity contribution in [1.82, 2.24) is 9.47 Å². The van der Waals surface area contributed by atoms with Gasteiger partial charge in [-0.25, -0.2) is 4.79 Å². The lowest BCUT2D eigenvalue weighted by atomic mass is 9.98. The van der Waals surface area contributed by atoms with Gasteiger partial charge in [-0.1, -0.05) is 13.8 Å². The van der Waals surface area contributed by atoms with Crippen LogP contribution in [-0.4, -0.2) is 47.1 Å². The number of carboxylic acids is 1. The minimum Gasteiger partial charge on any atom is -0.478 e. The van der Waals surface area contributed by atoms with Crippen LogP contribution >= 0.6 is 0 Å². The van der Waals surface area contributed by atoms with Crippen LogP contribution in [0.2, 0.25) is 0 Å². The van der Waals surface area contributed by atoms with Crippen molar-refractivity contribution in [3.63, 3.8) is 0 Å². The molecule has 1 aromatic heterocycles. The molecule has 0 radical (unpaired) electrons. The number of anilines is 1. The van der Waals surface area contributed by atoms with Gasteiger partial charge in [0, 0.05) is 24.3 Å². The average Bonchev–Trinajstić information content (AvgIpc) is 2.74. The van der Waals surface area contributed by atoms with E-state index >= 15 is 0 Å². The fraction of sp³-hybridized carbons (Fsp3) is 0.412. The van der Waals surface area contributed by atoms with Crippen LogP contribution in [0.5, 0.6) is 0 Å². The number of hydrogen-bond donors (Lipinski definition) is 2. The molecule has 2 aromatic rings. The van der Waals surface area contributed by atoms with Gasteiger partial charge >= 0.3 is 5.97 Å². The molecule has 0 saturated heterocycles. The number of amides is 1. The highest BCUT2D eigenvalue weighted by Gasteiger charge is 2.18. The maximum Gasteiger partial charge on any atom is 0.337 e. The molecule has 2 rings (SSSR count). The van der Waals surface area contributed by atoms with Gasteiger partial charge in [-0.3, -0.25) is 4.79 Å². The minimum atomic E-state index is -0.970. The lowest BCUT2D eigenvalue weighted by Crippen LogP contribution is -2.27. The molecule has 0 spiro atoms. The second-order valence-corrected chi connectivity index (χ2v) is 6.36. The first kappa shape index (κ1) is 17.0. The van der Waals surface area contributed by atoms with Crippen molar-refractivity contribution in [1.29, 1.82) is 0 Å². The maximum atomic E-state index is 12.0. The normalized spacial score (nSPS) is 11.4. The molecule has 124 valence electrons. The number of aromatic nitrogens is 1. The smallest absolute Gasteiger partial charge is 0.337 e. The second kappa shape index (κ2) is 6.42. The fourth-order valence-corrected chi connectivity index (χ4v) is 2.75. The van der Waals surface area contributed by atoms with E-state index in [1.54, 1.807) is 17.2 Å². The number of carbonyl (C=O) groups excluding carboxylic acids is 1. The van der Waals surface area contributed by atoms with Crippen molar-refractivity contribution in [2.24, 2.45) is 7.05 Å². The second-order valence-electron chi connectivity index (χ2n) is 6.36. The highest BCUT2D eigenvalue weighted by molar-refractivity contribution is 6.06. The molecular formula is C17H23N3O3. The van der Waals surface area contributed by atoms with E-state index in [1.807, 2.05) is 45.6 Å². The van der Waals surface area contributed by atoms with Crippen molar-refractivity contribution in [3.05, 3.63) is 29.5 Å². The maximum absolute atomic E-state index is 12.0. The van der Waals surface area contributed by atoms with Crippen LogP contribution in [0, 0.1) is 0 Å². The van der Waals surface area contributed by atoms with E-state index in [1.165, 1.54) is 0 Å². The Morgan fingerprint density at radius 2 is 1.96 bits per heavy atom. The third kappa shape index (κ3) is 3.53. The molecular weight excluding hydrogens is 294 g/mol. The van der Waals surface area contributed by atoms with Gasteiger partial charge < -0.3 is 19.9 Å². The monoisotopic (exact) mass is 317 g/mol. The van der Waals surface area contributed by atoms with Crippen LogP contribution in [-0.2, 0) is 11.8 Å². The van der Waals surface area contributed by atoms with E-state index in [4.69, 9.17) is 0 Å². The zero-order chi connectivity index (χ0) is 17.3. The molecule has 6 nitrogen and oxygen atoms in total. The molecule has 6 heteroatoms. The van der Waals surface area contributed by atoms with E-state index in [9.17, 15) is 14.7 Å². The Balaban J connectivity index is 2.57. The first-order valence-electron chi connectivity index (χ1n) is 7.51. The van der Waals surface area contributed by atoms with Gasteiger partial charge in [-0.15, -0.1) is 0 Å². The molecule has 1 aromatic carbocycles. The first-order valence-corrected chi connectivity index (χ1v) is 7.51. The number of benzene rings is 1. The average molecular weight is 317 g/mol. The molecule has 1 amide bonds. The minimum absolute atomic E-state index is 0.128. The van der Waals surface area contributed by atoms with Crippen molar-refractivity contribution >= 4 is 28.5 Å². The molecule has 0 unspecified atom stereocenters. The van der Waals surface area contributed by atoms with E-state index in [0.717, 1.165) is 11.1 Å². The molecule has 0 fully saturated rings. The summed E-state index contributed by atoms with van der Waals surface area (Å²) in [6.07, 6.45) is 1.62. The summed E-state index contributed by atoms with van der Waals surface area (Å²) in [6.45, 7) is 4.37. The van der Waals surface area contributed by atoms with Crippen molar-refractivity contribution in [3.8, 4) is 0 Å². The fourth-order valence-electron chi connectivity index (χ4n) is 2.75. The SMILES string of the molecule is CC(C)c1cc(NC(=O)CN(C)C)cc2c(C(=O)O)cn(C)c12. The quantitative estimate of drug-likeness (QED) is 0.888. The van der Waals surface area contributed by atoms with Gasteiger partial charge in [0.05, 0.1) is 17.6 Å². The number of carboxylic acid groups (broad SMARTS) is 1. The topological polar surface area (TPSA) is 74.6 Å². The summed E-state index contributed by atoms with van der Waals surface area (Å²) in [5, 5.41) is 12.9. The number of hydrogen-bond acceptors (Lipinski definition) is 3. The number of fused-ring (bicyclic) bond motifs is 1. The van der Waals surface area contributed by atoms with Gasteiger partial charge in [-0.2, -0.15) is 0 Å². The van der Waals surface area contributed by atoms with Gasteiger partial charge in [0.1, 0.15) is 0 Å². The first-order chi connectivity index (χ1) is 10.7. The van der Waals surface area contributed by atoms with Crippen LogP contribution in [0.25, 0.3) is 10.9 Å². The van der Waals surface area contributed by atoms with Gasteiger partial charge in [-0.05, 0) is 37.7 Å². The Labute approximate surface area is 135 Å². The van der Waals surface area contributed by atoms with Crippen LogP contribution in [0.1, 0.15) is 35.7 Å². The van der Waals surface area contributed by atoms with Crippen LogP contribution in [0.15, 0.2) is 18.3 Å². The highest BCUT2D eigenvalue weighted by atomic mass is 16.4. The highest BCUT2D eigenvalue weighted by Crippen LogP contribution is 2.32. The number of rotatable bonds is 5. The number of nitrogens with zero attached hydrogens (tertiary/aromatic N) is 2. The summed E-state index contributed by atoms with van der Waals surface area (Å²) in [4.78, 5) is 25.3. The third-order valence-electron chi connectivity index (χ3n) is 3.70. The number of carbonyl (C=O) groups is 2. The van der Waals surface area contributed by atoms with Crippen molar-refractivity contribution < 1.29 is 14.7 Å². The Morgan fingerprint density at radius 1 is 1.30 bits per heavy atom. The number of likely N-dealkylation sites (N-methyl/N-ethyl adjacent to an activating group) is 1. The summed E-state index contributed by atoms with van der Waals surface area (Å²) in [5.74, 6) is -0.891. The van der Waals surface area contributed by atoms with Crippen LogP contribution < -0.4 is 5.32 Å².